The quantitative estimate of drug-likeness (QED) is 0.511. The largest absolute Gasteiger partial charge is 0.429 e. The van der Waals surface area contributed by atoms with Gasteiger partial charge in [0.15, 0.2) is 0 Å². The number of ether oxygens (including phenoxy) is 1. The van der Waals surface area contributed by atoms with Crippen molar-refractivity contribution in [3.8, 4) is 5.75 Å². The molecule has 0 aliphatic rings. The molecule has 0 radical (unpaired) electrons. The highest BCUT2D eigenvalue weighted by molar-refractivity contribution is 5.69. The van der Waals surface area contributed by atoms with Crippen LogP contribution in [-0.4, -0.2) is 11.1 Å². The van der Waals surface area contributed by atoms with Crippen molar-refractivity contribution >= 4 is 6.09 Å². The number of hydrazine groups is 1. The fraction of sp³-hybridized carbons (Fsp3) is 0.0714. The molecule has 0 bridgehead atoms. The Labute approximate surface area is 106 Å². The molecule has 0 fully saturated rings. The van der Waals surface area contributed by atoms with Gasteiger partial charge >= 0.3 is 6.09 Å². The second-order valence-electron chi connectivity index (χ2n) is 3.79. The maximum absolute atomic E-state index is 11.7. The molecule has 2 rings (SSSR count). The monoisotopic (exact) mass is 242 g/mol. The Morgan fingerprint density at radius 2 is 1.56 bits per heavy atom. The van der Waals surface area contributed by atoms with E-state index in [-0.39, 0.29) is 0 Å². The van der Waals surface area contributed by atoms with Gasteiger partial charge in [-0.25, -0.2) is 15.6 Å². The maximum Gasteiger partial charge on any atom is 0.429 e. The Morgan fingerprint density at radius 1 is 1.00 bits per heavy atom. The minimum Gasteiger partial charge on any atom is -0.409 e. The summed E-state index contributed by atoms with van der Waals surface area (Å²) in [4.78, 5) is 11.7. The Balaban J connectivity index is 1.93. The molecule has 92 valence electrons. The normalized spacial score (nSPS) is 9.83. The number of hydrogen-bond donors (Lipinski definition) is 1. The van der Waals surface area contributed by atoms with E-state index in [9.17, 15) is 4.79 Å². The molecule has 18 heavy (non-hydrogen) atoms. The van der Waals surface area contributed by atoms with Gasteiger partial charge in [0.2, 0.25) is 0 Å². The SMILES string of the molecule is NN(Cc1ccccc1)C(=O)Oc1ccccc1. The van der Waals surface area contributed by atoms with Crippen LogP contribution in [-0.2, 0) is 6.54 Å². The third-order valence-electron chi connectivity index (χ3n) is 2.38. The zero-order chi connectivity index (χ0) is 12.8. The molecule has 4 heteroatoms. The molecular weight excluding hydrogens is 228 g/mol. The summed E-state index contributed by atoms with van der Waals surface area (Å²) in [5, 5.41) is 1.04. The van der Waals surface area contributed by atoms with Crippen LogP contribution in [0.4, 0.5) is 4.79 Å². The molecule has 2 aromatic carbocycles. The average molecular weight is 242 g/mol. The van der Waals surface area contributed by atoms with Crippen LogP contribution in [0.3, 0.4) is 0 Å². The van der Waals surface area contributed by atoms with Crippen molar-refractivity contribution in [1.29, 1.82) is 0 Å². The summed E-state index contributed by atoms with van der Waals surface area (Å²) >= 11 is 0. The van der Waals surface area contributed by atoms with E-state index < -0.39 is 6.09 Å². The Kier molecular flexibility index (Phi) is 3.94. The number of nitrogens with two attached hydrogens (primary N) is 1. The highest BCUT2D eigenvalue weighted by Crippen LogP contribution is 2.10. The molecule has 0 unspecified atom stereocenters. The van der Waals surface area contributed by atoms with Gasteiger partial charge in [-0.1, -0.05) is 48.5 Å². The number of carbonyl (C=O) groups is 1. The average Bonchev–Trinajstić information content (AvgIpc) is 2.41. The zero-order valence-electron chi connectivity index (χ0n) is 9.82. The zero-order valence-corrected chi connectivity index (χ0v) is 9.82. The van der Waals surface area contributed by atoms with Gasteiger partial charge in [-0.3, -0.25) is 0 Å². The highest BCUT2D eigenvalue weighted by atomic mass is 16.6. The fourth-order valence-corrected chi connectivity index (χ4v) is 1.49. The first-order valence-corrected chi connectivity index (χ1v) is 5.59. The molecule has 2 N–H and O–H groups in total. The van der Waals surface area contributed by atoms with Crippen LogP contribution in [0.25, 0.3) is 0 Å². The van der Waals surface area contributed by atoms with E-state index >= 15 is 0 Å². The number of para-hydroxylation sites is 1. The third kappa shape index (κ3) is 3.33. The van der Waals surface area contributed by atoms with Gasteiger partial charge in [0.1, 0.15) is 5.75 Å². The summed E-state index contributed by atoms with van der Waals surface area (Å²) in [7, 11) is 0. The summed E-state index contributed by atoms with van der Waals surface area (Å²) in [5.41, 5.74) is 0.949. The second-order valence-corrected chi connectivity index (χ2v) is 3.79. The summed E-state index contributed by atoms with van der Waals surface area (Å²) in [5.74, 6) is 6.13. The van der Waals surface area contributed by atoms with Gasteiger partial charge < -0.3 is 4.74 Å². The molecule has 0 saturated heterocycles. The summed E-state index contributed by atoms with van der Waals surface area (Å²) in [6.07, 6.45) is -0.579. The van der Waals surface area contributed by atoms with E-state index in [1.54, 1.807) is 24.3 Å². The molecule has 0 aliphatic carbocycles. The minimum atomic E-state index is -0.579. The van der Waals surface area contributed by atoms with Gasteiger partial charge in [-0.05, 0) is 17.7 Å². The van der Waals surface area contributed by atoms with E-state index in [1.165, 1.54) is 0 Å². The molecule has 0 aliphatic heterocycles. The molecule has 0 heterocycles. The van der Waals surface area contributed by atoms with E-state index in [1.807, 2.05) is 36.4 Å². The molecule has 4 nitrogen and oxygen atoms in total. The van der Waals surface area contributed by atoms with E-state index in [4.69, 9.17) is 10.6 Å². The minimum absolute atomic E-state index is 0.312. The van der Waals surface area contributed by atoms with Crippen LogP contribution in [0.15, 0.2) is 60.7 Å². The number of nitrogens with zero attached hydrogens (tertiary/aromatic N) is 1. The van der Waals surface area contributed by atoms with Crippen molar-refractivity contribution in [2.24, 2.45) is 5.84 Å². The third-order valence-corrected chi connectivity index (χ3v) is 2.38. The highest BCUT2D eigenvalue weighted by Gasteiger charge is 2.11. The number of amides is 1. The maximum atomic E-state index is 11.7. The Morgan fingerprint density at radius 3 is 2.17 bits per heavy atom. The molecule has 0 spiro atoms. The first kappa shape index (κ1) is 12.1. The van der Waals surface area contributed by atoms with Crippen molar-refractivity contribution in [2.45, 2.75) is 6.54 Å². The van der Waals surface area contributed by atoms with Gasteiger partial charge in [0, 0.05) is 0 Å². The molecular formula is C14H14N2O2. The van der Waals surface area contributed by atoms with Gasteiger partial charge in [0.05, 0.1) is 6.54 Å². The van der Waals surface area contributed by atoms with Crippen LogP contribution >= 0.6 is 0 Å². The van der Waals surface area contributed by atoms with E-state index in [2.05, 4.69) is 0 Å². The van der Waals surface area contributed by atoms with Gasteiger partial charge in [-0.15, -0.1) is 0 Å². The van der Waals surface area contributed by atoms with Crippen molar-refractivity contribution in [3.63, 3.8) is 0 Å². The molecule has 0 aromatic heterocycles. The summed E-state index contributed by atoms with van der Waals surface area (Å²) in [6.45, 7) is 0.312. The van der Waals surface area contributed by atoms with Gasteiger partial charge in [-0.2, -0.15) is 0 Å². The fourth-order valence-electron chi connectivity index (χ4n) is 1.49. The Bertz CT molecular complexity index is 500. The van der Waals surface area contributed by atoms with Crippen molar-refractivity contribution in [2.75, 3.05) is 0 Å². The Hall–Kier alpha value is -2.33. The van der Waals surface area contributed by atoms with Crippen LogP contribution < -0.4 is 10.6 Å². The first-order valence-electron chi connectivity index (χ1n) is 5.59. The number of carbonyl (C=O) groups excluding carboxylic acids is 1. The first-order chi connectivity index (χ1) is 8.75. The lowest BCUT2D eigenvalue weighted by Crippen LogP contribution is -2.38. The standard InChI is InChI=1S/C14H14N2O2/c15-16(11-12-7-3-1-4-8-12)14(17)18-13-9-5-2-6-10-13/h1-10H,11,15H2. The van der Waals surface area contributed by atoms with E-state index in [0.29, 0.717) is 12.3 Å². The smallest absolute Gasteiger partial charge is 0.409 e. The lowest BCUT2D eigenvalue weighted by Gasteiger charge is -2.16. The molecule has 1 amide bonds. The van der Waals surface area contributed by atoms with Crippen molar-refractivity contribution in [1.82, 2.24) is 5.01 Å². The van der Waals surface area contributed by atoms with Gasteiger partial charge in [0.25, 0.3) is 0 Å². The second kappa shape index (κ2) is 5.84. The topological polar surface area (TPSA) is 55.6 Å². The number of hydrogen-bond acceptors (Lipinski definition) is 3. The van der Waals surface area contributed by atoms with Crippen LogP contribution in [0.5, 0.6) is 5.75 Å². The number of benzene rings is 2. The molecule has 0 saturated carbocycles. The molecule has 0 atom stereocenters. The molecule has 2 aromatic rings. The predicted molar refractivity (Wildman–Crippen MR) is 68.6 cm³/mol. The van der Waals surface area contributed by atoms with Crippen molar-refractivity contribution in [3.05, 3.63) is 66.2 Å². The lowest BCUT2D eigenvalue weighted by molar-refractivity contribution is 0.150. The lowest BCUT2D eigenvalue weighted by atomic mass is 10.2. The van der Waals surface area contributed by atoms with Crippen LogP contribution in [0.2, 0.25) is 0 Å². The van der Waals surface area contributed by atoms with Crippen LogP contribution in [0.1, 0.15) is 5.56 Å². The predicted octanol–water partition coefficient (Wildman–Crippen LogP) is 2.56. The summed E-state index contributed by atoms with van der Waals surface area (Å²) < 4.78 is 5.11. The summed E-state index contributed by atoms with van der Waals surface area (Å²) in [6, 6.07) is 18.3. The van der Waals surface area contributed by atoms with Crippen molar-refractivity contribution < 1.29 is 9.53 Å². The van der Waals surface area contributed by atoms with E-state index in [0.717, 1.165) is 10.6 Å². The van der Waals surface area contributed by atoms with Crippen LogP contribution in [0, 0.1) is 0 Å². The number of rotatable bonds is 3.